The molecule has 3 nitrogen and oxygen atoms in total. The second-order valence-electron chi connectivity index (χ2n) is 3.26. The summed E-state index contributed by atoms with van der Waals surface area (Å²) in [5.74, 6) is 0. The highest BCUT2D eigenvalue weighted by atomic mass is 15.3. The number of hydrogen-bond acceptors (Lipinski definition) is 3. The van der Waals surface area contributed by atoms with Crippen molar-refractivity contribution >= 4 is 6.21 Å². The highest BCUT2D eigenvalue weighted by molar-refractivity contribution is 5.74. The topological polar surface area (TPSA) is 36.4 Å². The van der Waals surface area contributed by atoms with Gasteiger partial charge in [-0.25, -0.2) is 5.43 Å². The number of allylic oxidation sites excluding steroid dienone is 2. The van der Waals surface area contributed by atoms with E-state index in [0.717, 1.165) is 5.70 Å². The van der Waals surface area contributed by atoms with Crippen LogP contribution < -0.4 is 10.9 Å². The van der Waals surface area contributed by atoms with Crippen LogP contribution in [0.4, 0.5) is 0 Å². The van der Waals surface area contributed by atoms with Crippen LogP contribution in [-0.2, 0) is 0 Å². The summed E-state index contributed by atoms with van der Waals surface area (Å²) in [6.07, 6.45) is 7.83. The van der Waals surface area contributed by atoms with E-state index < -0.39 is 0 Å². The first kappa shape index (κ1) is 9.00. The average molecular weight is 165 g/mol. The molecule has 1 rings (SSSR count). The molecule has 1 heterocycles. The molecule has 0 aliphatic carbocycles. The Morgan fingerprint density at radius 3 is 2.83 bits per heavy atom. The third kappa shape index (κ3) is 2.51. The summed E-state index contributed by atoms with van der Waals surface area (Å²) in [7, 11) is 1.84. The molecule has 0 aromatic rings. The Morgan fingerprint density at radius 2 is 2.17 bits per heavy atom. The van der Waals surface area contributed by atoms with Gasteiger partial charge in [-0.1, -0.05) is 6.08 Å². The molecule has 0 radical (unpaired) electrons. The molecule has 1 aliphatic heterocycles. The van der Waals surface area contributed by atoms with E-state index in [0.29, 0.717) is 0 Å². The van der Waals surface area contributed by atoms with Gasteiger partial charge in [0, 0.05) is 19.0 Å². The molecule has 0 unspecified atom stereocenters. The van der Waals surface area contributed by atoms with Crippen LogP contribution in [0, 0.1) is 0 Å². The van der Waals surface area contributed by atoms with Crippen molar-refractivity contribution in [1.29, 1.82) is 0 Å². The maximum atomic E-state index is 4.33. The monoisotopic (exact) mass is 165 g/mol. The Balaban J connectivity index is 2.72. The summed E-state index contributed by atoms with van der Waals surface area (Å²) in [6, 6.07) is 0. The molecule has 0 saturated carbocycles. The van der Waals surface area contributed by atoms with Crippen LogP contribution in [0.1, 0.15) is 13.8 Å². The highest BCUT2D eigenvalue weighted by Crippen LogP contribution is 2.13. The van der Waals surface area contributed by atoms with Gasteiger partial charge in [-0.2, -0.15) is 0 Å². The molecule has 3 heteroatoms. The highest BCUT2D eigenvalue weighted by Gasteiger charge is 2.11. The number of rotatable bonds is 2. The molecule has 0 fully saturated rings. The van der Waals surface area contributed by atoms with Crippen molar-refractivity contribution < 1.29 is 0 Å². The lowest BCUT2D eigenvalue weighted by atomic mass is 10.1. The van der Waals surface area contributed by atoms with Gasteiger partial charge >= 0.3 is 0 Å². The second-order valence-corrected chi connectivity index (χ2v) is 3.26. The predicted molar refractivity (Wildman–Crippen MR) is 52.0 cm³/mol. The van der Waals surface area contributed by atoms with Crippen molar-refractivity contribution in [2.45, 2.75) is 19.4 Å². The first-order chi connectivity index (χ1) is 5.64. The molecule has 0 aromatic carbocycles. The Hall–Kier alpha value is -1.09. The summed E-state index contributed by atoms with van der Waals surface area (Å²) in [4.78, 5) is 4.33. The third-order valence-electron chi connectivity index (χ3n) is 1.60. The Morgan fingerprint density at radius 1 is 1.42 bits per heavy atom. The van der Waals surface area contributed by atoms with Crippen LogP contribution in [0.5, 0.6) is 0 Å². The van der Waals surface area contributed by atoms with E-state index in [9.17, 15) is 0 Å². The average Bonchev–Trinajstić information content (AvgIpc) is 2.14. The largest absolute Gasteiger partial charge is 0.322 e. The molecule has 0 amide bonds. The minimum Gasteiger partial charge on any atom is -0.322 e. The number of aliphatic imine (C=N–C) groups is 1. The maximum absolute atomic E-state index is 4.33. The zero-order valence-corrected chi connectivity index (χ0v) is 7.76. The Bertz CT molecular complexity index is 236. The lowest BCUT2D eigenvalue weighted by molar-refractivity contribution is 0.659. The van der Waals surface area contributed by atoms with Gasteiger partial charge in [0.05, 0.1) is 5.54 Å². The first-order valence-electron chi connectivity index (χ1n) is 4.01. The molecular formula is C9H15N3. The van der Waals surface area contributed by atoms with Crippen LogP contribution in [0.15, 0.2) is 28.9 Å². The quantitative estimate of drug-likeness (QED) is 0.599. The Kier molecular flexibility index (Phi) is 2.65. The van der Waals surface area contributed by atoms with Gasteiger partial charge in [0.15, 0.2) is 0 Å². The van der Waals surface area contributed by atoms with E-state index in [2.05, 4.69) is 35.8 Å². The molecule has 0 atom stereocenters. The van der Waals surface area contributed by atoms with Crippen LogP contribution in [-0.4, -0.2) is 18.8 Å². The van der Waals surface area contributed by atoms with Crippen molar-refractivity contribution in [3.05, 3.63) is 23.9 Å². The van der Waals surface area contributed by atoms with E-state index in [1.807, 2.05) is 25.4 Å². The summed E-state index contributed by atoms with van der Waals surface area (Å²) in [5.41, 5.74) is 6.79. The molecule has 0 aromatic heterocycles. The third-order valence-corrected chi connectivity index (χ3v) is 1.60. The second kappa shape index (κ2) is 3.54. The van der Waals surface area contributed by atoms with Gasteiger partial charge in [0.1, 0.15) is 0 Å². The molecule has 0 bridgehead atoms. The molecule has 2 N–H and O–H groups in total. The predicted octanol–water partition coefficient (Wildman–Crippen LogP) is 1.01. The minimum atomic E-state index is -0.0896. The number of hydrazine groups is 1. The summed E-state index contributed by atoms with van der Waals surface area (Å²) >= 11 is 0. The lowest BCUT2D eigenvalue weighted by Crippen LogP contribution is -2.25. The lowest BCUT2D eigenvalue weighted by Gasteiger charge is -2.11. The van der Waals surface area contributed by atoms with Crippen molar-refractivity contribution in [3.63, 3.8) is 0 Å². The van der Waals surface area contributed by atoms with E-state index in [-0.39, 0.29) is 5.54 Å². The zero-order chi connectivity index (χ0) is 9.03. The fourth-order valence-corrected chi connectivity index (χ4v) is 0.930. The molecular weight excluding hydrogens is 150 g/mol. The zero-order valence-electron chi connectivity index (χ0n) is 7.76. The maximum Gasteiger partial charge on any atom is 0.0735 e. The van der Waals surface area contributed by atoms with Gasteiger partial charge in [0.25, 0.3) is 0 Å². The molecule has 66 valence electrons. The van der Waals surface area contributed by atoms with Crippen LogP contribution in [0.2, 0.25) is 0 Å². The van der Waals surface area contributed by atoms with Crippen LogP contribution >= 0.6 is 0 Å². The SMILES string of the molecule is CNNC1=CC=NC(C)(C)C=C1. The van der Waals surface area contributed by atoms with Crippen molar-refractivity contribution in [2.24, 2.45) is 4.99 Å². The van der Waals surface area contributed by atoms with E-state index in [1.54, 1.807) is 0 Å². The van der Waals surface area contributed by atoms with Gasteiger partial charge in [-0.15, -0.1) is 0 Å². The normalized spacial score (nSPS) is 20.1. The van der Waals surface area contributed by atoms with Crippen molar-refractivity contribution in [3.8, 4) is 0 Å². The standard InChI is InChI=1S/C9H15N3/c1-9(2)6-4-8(12-10-3)5-7-11-9/h4-7,10,12H,1-3H3. The minimum absolute atomic E-state index is 0.0896. The van der Waals surface area contributed by atoms with E-state index in [1.165, 1.54) is 0 Å². The van der Waals surface area contributed by atoms with E-state index >= 15 is 0 Å². The van der Waals surface area contributed by atoms with Crippen molar-refractivity contribution in [2.75, 3.05) is 7.05 Å². The van der Waals surface area contributed by atoms with Crippen molar-refractivity contribution in [1.82, 2.24) is 10.9 Å². The molecule has 12 heavy (non-hydrogen) atoms. The fourth-order valence-electron chi connectivity index (χ4n) is 0.930. The smallest absolute Gasteiger partial charge is 0.0735 e. The van der Waals surface area contributed by atoms with Gasteiger partial charge < -0.3 is 5.43 Å². The van der Waals surface area contributed by atoms with Gasteiger partial charge in [0.2, 0.25) is 0 Å². The number of nitrogens with one attached hydrogen (secondary N) is 2. The number of nitrogens with zero attached hydrogens (tertiary/aromatic N) is 1. The summed E-state index contributed by atoms with van der Waals surface area (Å²) in [5, 5.41) is 0. The van der Waals surface area contributed by atoms with Crippen LogP contribution in [0.3, 0.4) is 0 Å². The van der Waals surface area contributed by atoms with Gasteiger partial charge in [-0.3, -0.25) is 4.99 Å². The summed E-state index contributed by atoms with van der Waals surface area (Å²) < 4.78 is 0. The molecule has 1 aliphatic rings. The Labute approximate surface area is 73.2 Å². The summed E-state index contributed by atoms with van der Waals surface area (Å²) in [6.45, 7) is 4.13. The van der Waals surface area contributed by atoms with E-state index in [4.69, 9.17) is 0 Å². The van der Waals surface area contributed by atoms with Gasteiger partial charge in [-0.05, 0) is 26.0 Å². The number of hydrogen-bond donors (Lipinski definition) is 2. The molecule has 0 saturated heterocycles. The fraction of sp³-hybridized carbons (Fsp3) is 0.444. The first-order valence-corrected chi connectivity index (χ1v) is 4.01. The molecule has 0 spiro atoms. The van der Waals surface area contributed by atoms with Crippen LogP contribution in [0.25, 0.3) is 0 Å².